The highest BCUT2D eigenvalue weighted by atomic mass is 32.2. The molecule has 0 aliphatic carbocycles. The number of rotatable bonds is 3. The van der Waals surface area contributed by atoms with E-state index in [0.717, 1.165) is 5.69 Å². The molecule has 1 aromatic heterocycles. The summed E-state index contributed by atoms with van der Waals surface area (Å²) in [6.07, 6.45) is 0. The molecule has 1 rings (SSSR count). The van der Waals surface area contributed by atoms with Gasteiger partial charge in [0.25, 0.3) is 10.1 Å². The summed E-state index contributed by atoms with van der Waals surface area (Å²) >= 11 is 0. The first-order valence-corrected chi connectivity index (χ1v) is 8.38. The highest BCUT2D eigenvalue weighted by Crippen LogP contribution is 2.37. The van der Waals surface area contributed by atoms with E-state index in [-0.39, 0.29) is 16.1 Å². The zero-order valence-electron chi connectivity index (χ0n) is 13.8. The molecule has 1 aromatic rings. The fourth-order valence-corrected chi connectivity index (χ4v) is 2.88. The molecular formula is C15H25NO4S. The summed E-state index contributed by atoms with van der Waals surface area (Å²) in [4.78, 5) is 4.27. The van der Waals surface area contributed by atoms with Crippen LogP contribution >= 0.6 is 0 Å². The van der Waals surface area contributed by atoms with Crippen LogP contribution in [0.15, 0.2) is 11.0 Å². The highest BCUT2D eigenvalue weighted by molar-refractivity contribution is 7.86. The van der Waals surface area contributed by atoms with Crippen LogP contribution in [0.5, 0.6) is 5.75 Å². The predicted octanol–water partition coefficient (Wildman–Crippen LogP) is 3.32. The molecule has 0 fully saturated rings. The number of aromatic nitrogens is 1. The van der Waals surface area contributed by atoms with Crippen LogP contribution in [0.1, 0.15) is 59.9 Å². The summed E-state index contributed by atoms with van der Waals surface area (Å²) in [5.74, 6) is 0.157. The van der Waals surface area contributed by atoms with E-state index in [1.54, 1.807) is 13.0 Å². The largest absolute Gasteiger partial charge is 0.492 e. The molecule has 0 amide bonds. The predicted molar refractivity (Wildman–Crippen MR) is 82.6 cm³/mol. The van der Waals surface area contributed by atoms with Crippen LogP contribution in [0.2, 0.25) is 0 Å². The summed E-state index contributed by atoms with van der Waals surface area (Å²) in [5.41, 5.74) is 0.242. The summed E-state index contributed by atoms with van der Waals surface area (Å²) < 4.78 is 38.6. The van der Waals surface area contributed by atoms with Crippen LogP contribution in [-0.4, -0.2) is 24.6 Å². The van der Waals surface area contributed by atoms with E-state index < -0.39 is 15.5 Å². The molecule has 1 heterocycles. The molecule has 21 heavy (non-hydrogen) atoms. The van der Waals surface area contributed by atoms with Gasteiger partial charge in [-0.05, 0) is 6.92 Å². The van der Waals surface area contributed by atoms with Crippen LogP contribution in [-0.2, 0) is 20.9 Å². The number of nitrogens with zero attached hydrogens (tertiary/aromatic N) is 1. The quantitative estimate of drug-likeness (QED) is 0.866. The molecule has 0 unspecified atom stereocenters. The first-order chi connectivity index (χ1) is 9.28. The number of pyridine rings is 1. The monoisotopic (exact) mass is 315 g/mol. The van der Waals surface area contributed by atoms with Gasteiger partial charge in [0, 0.05) is 22.6 Å². The Balaban J connectivity index is 3.84. The normalized spacial score (nSPS) is 13.3. The van der Waals surface area contributed by atoms with E-state index >= 15 is 0 Å². The van der Waals surface area contributed by atoms with E-state index in [0.29, 0.717) is 12.3 Å². The SMILES string of the molecule is CCOc1cc(C(C)(C)C)nc(C(C)(C)C)c1S(=O)(=O)O. The Hall–Kier alpha value is -1.14. The molecule has 0 bridgehead atoms. The Kier molecular flexibility index (Phi) is 4.75. The lowest BCUT2D eigenvalue weighted by Gasteiger charge is -2.26. The van der Waals surface area contributed by atoms with Gasteiger partial charge >= 0.3 is 0 Å². The molecule has 0 spiro atoms. The van der Waals surface area contributed by atoms with Crippen LogP contribution < -0.4 is 4.74 Å². The van der Waals surface area contributed by atoms with Crippen molar-refractivity contribution in [3.05, 3.63) is 17.5 Å². The average Bonchev–Trinajstić information content (AvgIpc) is 2.24. The number of hydrogen-bond acceptors (Lipinski definition) is 4. The molecule has 120 valence electrons. The summed E-state index contributed by atoms with van der Waals surface area (Å²) in [6.45, 7) is 13.6. The highest BCUT2D eigenvalue weighted by Gasteiger charge is 2.32. The topological polar surface area (TPSA) is 76.5 Å². The summed E-state index contributed by atoms with van der Waals surface area (Å²) in [7, 11) is -4.42. The minimum absolute atomic E-state index is 0.157. The van der Waals surface area contributed by atoms with Gasteiger partial charge in [0.2, 0.25) is 0 Å². The van der Waals surface area contributed by atoms with Gasteiger partial charge in [0.05, 0.1) is 12.3 Å². The van der Waals surface area contributed by atoms with Gasteiger partial charge in [-0.3, -0.25) is 9.54 Å². The maximum absolute atomic E-state index is 11.8. The minimum Gasteiger partial charge on any atom is -0.492 e. The van der Waals surface area contributed by atoms with Gasteiger partial charge in [0.1, 0.15) is 5.75 Å². The van der Waals surface area contributed by atoms with E-state index in [1.807, 2.05) is 41.5 Å². The Labute approximate surface area is 127 Å². The number of ether oxygens (including phenoxy) is 1. The van der Waals surface area contributed by atoms with E-state index in [1.165, 1.54) is 0 Å². The molecule has 0 radical (unpaired) electrons. The molecular weight excluding hydrogens is 290 g/mol. The third-order valence-electron chi connectivity index (χ3n) is 2.98. The zero-order chi connectivity index (χ0) is 16.6. The zero-order valence-corrected chi connectivity index (χ0v) is 14.6. The van der Waals surface area contributed by atoms with Gasteiger partial charge in [-0.1, -0.05) is 41.5 Å². The van der Waals surface area contributed by atoms with Crippen LogP contribution in [0.25, 0.3) is 0 Å². The van der Waals surface area contributed by atoms with Gasteiger partial charge in [0.15, 0.2) is 4.90 Å². The smallest absolute Gasteiger partial charge is 0.300 e. The Morgan fingerprint density at radius 2 is 1.67 bits per heavy atom. The van der Waals surface area contributed by atoms with Crippen molar-refractivity contribution in [2.24, 2.45) is 0 Å². The van der Waals surface area contributed by atoms with Crippen LogP contribution in [0.3, 0.4) is 0 Å². The lowest BCUT2D eigenvalue weighted by Crippen LogP contribution is -2.24. The molecule has 6 heteroatoms. The number of hydrogen-bond donors (Lipinski definition) is 1. The third kappa shape index (κ3) is 4.17. The lowest BCUT2D eigenvalue weighted by atomic mass is 9.87. The molecule has 0 atom stereocenters. The standard InChI is InChI=1S/C15H25NO4S/c1-8-20-10-9-11(14(2,3)4)16-13(15(5,6)7)12(10)21(17,18)19/h9H,8H2,1-7H3,(H,17,18,19). The van der Waals surface area contributed by atoms with Crippen molar-refractivity contribution in [2.45, 2.75) is 64.2 Å². The molecule has 0 aliphatic heterocycles. The molecule has 5 nitrogen and oxygen atoms in total. The van der Waals surface area contributed by atoms with Crippen molar-refractivity contribution in [1.82, 2.24) is 4.98 Å². The minimum atomic E-state index is -4.42. The fraction of sp³-hybridized carbons (Fsp3) is 0.667. The molecule has 0 aromatic carbocycles. The molecule has 0 saturated carbocycles. The average molecular weight is 315 g/mol. The van der Waals surface area contributed by atoms with Crippen molar-refractivity contribution in [1.29, 1.82) is 0 Å². The fourth-order valence-electron chi connectivity index (χ4n) is 1.91. The van der Waals surface area contributed by atoms with Crippen LogP contribution in [0.4, 0.5) is 0 Å². The van der Waals surface area contributed by atoms with Crippen molar-refractivity contribution in [3.8, 4) is 5.75 Å². The first-order valence-electron chi connectivity index (χ1n) is 6.94. The van der Waals surface area contributed by atoms with Crippen molar-refractivity contribution in [3.63, 3.8) is 0 Å². The van der Waals surface area contributed by atoms with E-state index in [9.17, 15) is 13.0 Å². The summed E-state index contributed by atoms with van der Waals surface area (Å²) in [6, 6.07) is 1.60. The van der Waals surface area contributed by atoms with E-state index in [4.69, 9.17) is 4.74 Å². The first kappa shape index (κ1) is 17.9. The lowest BCUT2D eigenvalue weighted by molar-refractivity contribution is 0.323. The molecule has 0 aliphatic rings. The van der Waals surface area contributed by atoms with Crippen molar-refractivity contribution in [2.75, 3.05) is 6.61 Å². The maximum Gasteiger partial charge on any atom is 0.300 e. The Bertz CT molecular complexity index is 622. The second-order valence-electron chi connectivity index (χ2n) is 7.09. The Morgan fingerprint density at radius 3 is 2.00 bits per heavy atom. The van der Waals surface area contributed by atoms with Gasteiger partial charge in [-0.2, -0.15) is 8.42 Å². The molecule has 1 N–H and O–H groups in total. The van der Waals surface area contributed by atoms with E-state index in [2.05, 4.69) is 4.98 Å². The Morgan fingerprint density at radius 1 is 1.14 bits per heavy atom. The maximum atomic E-state index is 11.8. The second kappa shape index (κ2) is 5.57. The molecule has 0 saturated heterocycles. The second-order valence-corrected chi connectivity index (χ2v) is 8.45. The van der Waals surface area contributed by atoms with Crippen molar-refractivity contribution < 1.29 is 17.7 Å². The van der Waals surface area contributed by atoms with Crippen molar-refractivity contribution >= 4 is 10.1 Å². The summed E-state index contributed by atoms with van der Waals surface area (Å²) in [5, 5.41) is 0. The van der Waals surface area contributed by atoms with Gasteiger partial charge in [-0.25, -0.2) is 0 Å². The van der Waals surface area contributed by atoms with Gasteiger partial charge in [-0.15, -0.1) is 0 Å². The van der Waals surface area contributed by atoms with Gasteiger partial charge < -0.3 is 4.74 Å². The third-order valence-corrected chi connectivity index (χ3v) is 3.89. The van der Waals surface area contributed by atoms with Crippen LogP contribution in [0, 0.1) is 0 Å².